The Labute approximate surface area is 121 Å². The van der Waals surface area contributed by atoms with Gasteiger partial charge >= 0.3 is 42.3 Å². The van der Waals surface area contributed by atoms with Crippen LogP contribution in [0.3, 0.4) is 0 Å². The van der Waals surface area contributed by atoms with E-state index in [9.17, 15) is 0 Å². The normalized spacial score (nSPS) is 10.2. The van der Waals surface area contributed by atoms with E-state index < -0.39 is 13.7 Å². The van der Waals surface area contributed by atoms with Gasteiger partial charge in [0.25, 0.3) is 0 Å². The van der Waals surface area contributed by atoms with E-state index in [1.165, 1.54) is 10.6 Å². The first-order chi connectivity index (χ1) is 8.18. The molecule has 0 unspecified atom stereocenters. The minimum Gasteiger partial charge on any atom is -0.0622 e. The predicted octanol–water partition coefficient (Wildman–Crippen LogP) is 4.38. The molecule has 0 aliphatic carbocycles. The van der Waals surface area contributed by atoms with Crippen LogP contribution in [0.2, 0.25) is 0 Å². The van der Waals surface area contributed by atoms with Crippen LogP contribution in [-0.4, -0.2) is 0 Å². The Morgan fingerprint density at radius 2 is 0.941 bits per heavy atom. The van der Waals surface area contributed by atoms with Crippen LogP contribution >= 0.6 is 37.2 Å². The molecule has 0 N–H and O–H groups in total. The molecular weight excluding hydrogens is 388 g/mol. The summed E-state index contributed by atoms with van der Waals surface area (Å²) < 4.78 is 0. The topological polar surface area (TPSA) is 0 Å². The van der Waals surface area contributed by atoms with Gasteiger partial charge in [0.05, 0.1) is 0 Å². The summed E-state index contributed by atoms with van der Waals surface area (Å²) in [7, 11) is 15.5. The Bertz CT molecular complexity index is 368. The summed E-state index contributed by atoms with van der Waals surface area (Å²) >= 11 is -1.57. The molecule has 0 radical (unpaired) electrons. The van der Waals surface area contributed by atoms with E-state index in [0.717, 1.165) is 8.58 Å². The van der Waals surface area contributed by atoms with Gasteiger partial charge in [-0.25, -0.2) is 0 Å². The smallest absolute Gasteiger partial charge is 0.0226 e. The molecule has 0 aliphatic heterocycles. The van der Waals surface area contributed by atoms with Crippen molar-refractivity contribution in [1.29, 1.82) is 0 Å². The van der Waals surface area contributed by atoms with Crippen molar-refractivity contribution < 1.29 is 13.7 Å². The van der Waals surface area contributed by atoms with Gasteiger partial charge in [-0.1, -0.05) is 69.2 Å². The Morgan fingerprint density at radius 1 is 0.647 bits per heavy atom. The first kappa shape index (κ1) is 15.5. The van der Waals surface area contributed by atoms with Gasteiger partial charge in [0, 0.05) is 0 Å². The van der Waals surface area contributed by atoms with Crippen molar-refractivity contribution in [3.8, 4) is 0 Å². The number of halogens is 3. The third kappa shape index (κ3) is 8.17. The zero-order chi connectivity index (χ0) is 12.5. The van der Waals surface area contributed by atoms with Crippen LogP contribution in [0.4, 0.5) is 0 Å². The van der Waals surface area contributed by atoms with E-state index in [4.69, 9.17) is 28.6 Å². The summed E-state index contributed by atoms with van der Waals surface area (Å²) in [5.41, 5.74) is 0. The average molecular weight is 399 g/mol. The molecule has 2 rings (SSSR count). The van der Waals surface area contributed by atoms with Gasteiger partial charge < -0.3 is 0 Å². The van der Waals surface area contributed by atoms with Crippen molar-refractivity contribution >= 4 is 47.8 Å². The van der Waals surface area contributed by atoms with Crippen LogP contribution < -0.4 is 10.6 Å². The molecule has 0 heterocycles. The van der Waals surface area contributed by atoms with Gasteiger partial charge in [-0.05, 0) is 10.6 Å². The van der Waals surface area contributed by atoms with Gasteiger partial charge in [0.15, 0.2) is 0 Å². The van der Waals surface area contributed by atoms with Gasteiger partial charge in [-0.2, -0.15) is 0 Å². The maximum absolute atomic E-state index is 4.92. The SMILES string of the molecule is [Cl][Pd]([Cl])[Cl].c1ccc(Pc2ccccc2)cc1. The molecule has 0 spiro atoms. The first-order valence-electron chi connectivity index (χ1n) is 4.68. The zero-order valence-electron chi connectivity index (χ0n) is 8.72. The van der Waals surface area contributed by atoms with Crippen LogP contribution in [0, 0.1) is 0 Å². The molecule has 0 nitrogen and oxygen atoms in total. The second-order valence-electron chi connectivity index (χ2n) is 2.99. The fourth-order valence-corrected chi connectivity index (χ4v) is 2.26. The summed E-state index contributed by atoms with van der Waals surface area (Å²) in [4.78, 5) is 0. The van der Waals surface area contributed by atoms with Gasteiger partial charge in [-0.3, -0.25) is 0 Å². The Morgan fingerprint density at radius 3 is 1.24 bits per heavy atom. The average Bonchev–Trinajstić information content (AvgIpc) is 2.31. The van der Waals surface area contributed by atoms with E-state index in [0.29, 0.717) is 0 Å². The van der Waals surface area contributed by atoms with Crippen LogP contribution in [-0.2, 0) is 13.7 Å². The Balaban J connectivity index is 0.000000317. The molecule has 5 heteroatoms. The molecule has 0 atom stereocenters. The molecule has 0 amide bonds. The number of rotatable bonds is 2. The fraction of sp³-hybridized carbons (Fsp3) is 0. The van der Waals surface area contributed by atoms with Crippen molar-refractivity contribution in [3.63, 3.8) is 0 Å². The second-order valence-corrected chi connectivity index (χ2v) is 11.5. The summed E-state index contributed by atoms with van der Waals surface area (Å²) in [6, 6.07) is 21.2. The molecule has 17 heavy (non-hydrogen) atoms. The largest absolute Gasteiger partial charge is 0.0622 e. The summed E-state index contributed by atoms with van der Waals surface area (Å²) in [5.74, 6) is 0. The quantitative estimate of drug-likeness (QED) is 0.520. The van der Waals surface area contributed by atoms with Crippen molar-refractivity contribution in [2.24, 2.45) is 0 Å². The number of hydrogen-bond donors (Lipinski definition) is 0. The van der Waals surface area contributed by atoms with Crippen molar-refractivity contribution in [2.75, 3.05) is 0 Å². The van der Waals surface area contributed by atoms with E-state index in [-0.39, 0.29) is 0 Å². The van der Waals surface area contributed by atoms with Gasteiger partial charge in [0.2, 0.25) is 0 Å². The van der Waals surface area contributed by atoms with Crippen LogP contribution in [0.1, 0.15) is 0 Å². The van der Waals surface area contributed by atoms with Gasteiger partial charge in [0.1, 0.15) is 0 Å². The predicted molar refractivity (Wildman–Crippen MR) is 78.0 cm³/mol. The molecule has 0 saturated carbocycles. The van der Waals surface area contributed by atoms with Gasteiger partial charge in [-0.15, -0.1) is 0 Å². The van der Waals surface area contributed by atoms with Crippen molar-refractivity contribution in [3.05, 3.63) is 60.7 Å². The molecule has 2 aromatic carbocycles. The van der Waals surface area contributed by atoms with Crippen molar-refractivity contribution in [2.45, 2.75) is 0 Å². The summed E-state index contributed by atoms with van der Waals surface area (Å²) in [6.07, 6.45) is 0. The minimum atomic E-state index is -1.57. The molecular formula is C12H11Cl3PPd. The maximum atomic E-state index is 4.92. The van der Waals surface area contributed by atoms with Crippen LogP contribution in [0.25, 0.3) is 0 Å². The number of hydrogen-bond acceptors (Lipinski definition) is 0. The molecule has 95 valence electrons. The van der Waals surface area contributed by atoms with E-state index in [1.54, 1.807) is 0 Å². The summed E-state index contributed by atoms with van der Waals surface area (Å²) in [6.45, 7) is 0. The standard InChI is InChI=1S/C12H11P.3ClH.Pd/c1-3-7-11(8-4-1)13-12-9-5-2-6-10-12;;;;/h1-10,13H;3*1H;/q;;;;+3/p-3. The zero-order valence-corrected chi connectivity index (χ0v) is 13.5. The molecule has 0 aromatic heterocycles. The molecule has 0 fully saturated rings. The van der Waals surface area contributed by atoms with Crippen molar-refractivity contribution in [1.82, 2.24) is 0 Å². The third-order valence-electron chi connectivity index (χ3n) is 1.84. The molecule has 0 saturated heterocycles. The van der Waals surface area contributed by atoms with E-state index in [2.05, 4.69) is 60.7 Å². The van der Waals surface area contributed by atoms with Crippen LogP contribution in [0.15, 0.2) is 60.7 Å². The second kappa shape index (κ2) is 9.35. The van der Waals surface area contributed by atoms with E-state index in [1.807, 2.05) is 0 Å². The third-order valence-corrected chi connectivity index (χ3v) is 3.08. The van der Waals surface area contributed by atoms with E-state index >= 15 is 0 Å². The van der Waals surface area contributed by atoms with Crippen LogP contribution in [0.5, 0.6) is 0 Å². The first-order valence-corrected chi connectivity index (χ1v) is 11.7. The summed E-state index contributed by atoms with van der Waals surface area (Å²) in [5, 5.41) is 2.79. The monoisotopic (exact) mass is 397 g/mol. The fourth-order valence-electron chi connectivity index (χ4n) is 1.21. The molecule has 0 bridgehead atoms. The minimum absolute atomic E-state index is 0.777. The molecule has 2 aromatic rings. The molecule has 0 aliphatic rings. The Kier molecular flexibility index (Phi) is 8.50. The maximum Gasteiger partial charge on any atom is -0.0226 e. The number of benzene rings is 2. The Hall–Kier alpha value is 0.402.